The van der Waals surface area contributed by atoms with Gasteiger partial charge in [-0.25, -0.2) is 9.78 Å². The Morgan fingerprint density at radius 2 is 1.85 bits per heavy atom. The number of amides is 1. The van der Waals surface area contributed by atoms with Crippen molar-refractivity contribution in [1.82, 2.24) is 19.4 Å². The number of para-hydroxylation sites is 4. The molecule has 7 nitrogen and oxygen atoms in total. The third-order valence-corrected chi connectivity index (χ3v) is 4.54. The Morgan fingerprint density at radius 1 is 1.15 bits per heavy atom. The highest BCUT2D eigenvalue weighted by Gasteiger charge is 2.24. The number of carbonyl (C=O) groups is 1. The van der Waals surface area contributed by atoms with Gasteiger partial charge in [-0.3, -0.25) is 14.3 Å². The van der Waals surface area contributed by atoms with E-state index in [2.05, 4.69) is 9.97 Å². The Balaban J connectivity index is 1.59. The van der Waals surface area contributed by atoms with Crippen molar-refractivity contribution in [2.75, 3.05) is 7.05 Å². The van der Waals surface area contributed by atoms with E-state index in [1.54, 1.807) is 44.4 Å². The van der Waals surface area contributed by atoms with Gasteiger partial charge in [-0.2, -0.15) is 0 Å². The second kappa shape index (κ2) is 6.68. The number of benzene rings is 2. The van der Waals surface area contributed by atoms with Crippen molar-refractivity contribution in [1.29, 1.82) is 0 Å². The van der Waals surface area contributed by atoms with E-state index in [1.807, 2.05) is 24.3 Å². The summed E-state index contributed by atoms with van der Waals surface area (Å²) in [5, 5.41) is 0. The highest BCUT2D eigenvalue weighted by Crippen LogP contribution is 2.18. The fourth-order valence-corrected chi connectivity index (χ4v) is 3.17. The van der Waals surface area contributed by atoms with E-state index < -0.39 is 11.8 Å². The van der Waals surface area contributed by atoms with Gasteiger partial charge in [0.1, 0.15) is 6.04 Å². The first kappa shape index (κ1) is 17.0. The number of hydrogen-bond donors (Lipinski definition) is 0. The van der Waals surface area contributed by atoms with Crippen LogP contribution in [0.4, 0.5) is 0 Å². The van der Waals surface area contributed by atoms with Gasteiger partial charge < -0.3 is 9.32 Å². The minimum Gasteiger partial charge on any atom is -0.408 e. The van der Waals surface area contributed by atoms with E-state index in [0.717, 1.165) is 11.0 Å². The molecule has 0 saturated carbocycles. The van der Waals surface area contributed by atoms with Crippen molar-refractivity contribution in [3.05, 3.63) is 71.0 Å². The topological polar surface area (TPSA) is 81.2 Å². The highest BCUT2D eigenvalue weighted by molar-refractivity contribution is 5.83. The van der Waals surface area contributed by atoms with Gasteiger partial charge >= 0.3 is 5.76 Å². The highest BCUT2D eigenvalue weighted by atomic mass is 16.4. The molecule has 0 aliphatic heterocycles. The van der Waals surface area contributed by atoms with Crippen LogP contribution in [0.15, 0.2) is 63.9 Å². The summed E-state index contributed by atoms with van der Waals surface area (Å²) in [7, 11) is 1.68. The van der Waals surface area contributed by atoms with Crippen LogP contribution in [-0.4, -0.2) is 32.4 Å². The van der Waals surface area contributed by atoms with E-state index in [0.29, 0.717) is 23.3 Å². The summed E-state index contributed by atoms with van der Waals surface area (Å²) in [6.45, 7) is 1.99. The third-order valence-electron chi connectivity index (χ3n) is 4.54. The molecule has 1 atom stereocenters. The summed E-state index contributed by atoms with van der Waals surface area (Å²) < 4.78 is 6.61. The molecule has 2 heterocycles. The number of nitrogens with zero attached hydrogens (tertiary/aromatic N) is 4. The molecule has 7 heteroatoms. The quantitative estimate of drug-likeness (QED) is 0.558. The lowest BCUT2D eigenvalue weighted by Gasteiger charge is -2.21. The minimum atomic E-state index is -0.695. The van der Waals surface area contributed by atoms with Gasteiger partial charge in [0, 0.05) is 7.05 Å². The summed E-state index contributed by atoms with van der Waals surface area (Å²) >= 11 is 0. The number of carbonyl (C=O) groups excluding carboxylic acids is 1. The zero-order chi connectivity index (χ0) is 19.0. The van der Waals surface area contributed by atoms with Gasteiger partial charge in [0.2, 0.25) is 5.91 Å². The SMILES string of the molecule is CC(C(=O)N(C)Cc1cnc2ccccc2n1)n1c(=O)oc2ccccc21. The molecule has 0 N–H and O–H groups in total. The Hall–Kier alpha value is -3.48. The monoisotopic (exact) mass is 362 g/mol. The van der Waals surface area contributed by atoms with Gasteiger partial charge in [0.05, 0.1) is 35.0 Å². The van der Waals surface area contributed by atoms with E-state index >= 15 is 0 Å². The van der Waals surface area contributed by atoms with Crippen molar-refractivity contribution in [2.24, 2.45) is 0 Å². The first-order valence-corrected chi connectivity index (χ1v) is 8.60. The van der Waals surface area contributed by atoms with Crippen molar-refractivity contribution in [3.63, 3.8) is 0 Å². The maximum atomic E-state index is 12.9. The van der Waals surface area contributed by atoms with Crippen LogP contribution in [0.5, 0.6) is 0 Å². The molecule has 136 valence electrons. The molecular formula is C20H18N4O3. The van der Waals surface area contributed by atoms with Crippen LogP contribution in [0, 0.1) is 0 Å². The number of oxazole rings is 1. The summed E-state index contributed by atoms with van der Waals surface area (Å²) in [6.07, 6.45) is 1.66. The van der Waals surface area contributed by atoms with E-state index in [9.17, 15) is 9.59 Å². The molecule has 2 aromatic heterocycles. The number of likely N-dealkylation sites (N-methyl/N-ethyl adjacent to an activating group) is 1. The Kier molecular flexibility index (Phi) is 4.19. The van der Waals surface area contributed by atoms with E-state index in [4.69, 9.17) is 4.42 Å². The van der Waals surface area contributed by atoms with Crippen molar-refractivity contribution >= 4 is 28.0 Å². The molecule has 0 bridgehead atoms. The summed E-state index contributed by atoms with van der Waals surface area (Å²) in [6, 6.07) is 13.9. The Morgan fingerprint density at radius 3 is 2.67 bits per heavy atom. The van der Waals surface area contributed by atoms with Crippen LogP contribution in [0.1, 0.15) is 18.7 Å². The average Bonchev–Trinajstić information content (AvgIpc) is 3.02. The zero-order valence-electron chi connectivity index (χ0n) is 15.0. The molecule has 4 aromatic rings. The van der Waals surface area contributed by atoms with Gasteiger partial charge in [0.15, 0.2) is 5.58 Å². The molecule has 1 unspecified atom stereocenters. The van der Waals surface area contributed by atoms with E-state index in [1.165, 1.54) is 9.47 Å². The molecule has 27 heavy (non-hydrogen) atoms. The predicted octanol–water partition coefficient (Wildman–Crippen LogP) is 2.76. The zero-order valence-corrected chi connectivity index (χ0v) is 15.0. The normalized spacial score (nSPS) is 12.4. The molecule has 2 aromatic carbocycles. The second-order valence-corrected chi connectivity index (χ2v) is 6.43. The van der Waals surface area contributed by atoms with Crippen molar-refractivity contribution in [3.8, 4) is 0 Å². The van der Waals surface area contributed by atoms with E-state index in [-0.39, 0.29) is 5.91 Å². The standard InChI is InChI=1S/C20H18N4O3/c1-13(24-17-9-5-6-10-18(17)27-20(24)26)19(25)23(2)12-14-11-21-15-7-3-4-8-16(15)22-14/h3-11,13H,12H2,1-2H3. The van der Waals surface area contributed by atoms with Crippen molar-refractivity contribution < 1.29 is 9.21 Å². The maximum Gasteiger partial charge on any atom is 0.420 e. The second-order valence-electron chi connectivity index (χ2n) is 6.43. The average molecular weight is 362 g/mol. The Bertz CT molecular complexity index is 1190. The minimum absolute atomic E-state index is 0.210. The molecule has 0 saturated heterocycles. The molecule has 0 radical (unpaired) electrons. The van der Waals surface area contributed by atoms with Gasteiger partial charge in [-0.1, -0.05) is 24.3 Å². The number of hydrogen-bond acceptors (Lipinski definition) is 5. The van der Waals surface area contributed by atoms with Gasteiger partial charge in [0.25, 0.3) is 0 Å². The fourth-order valence-electron chi connectivity index (χ4n) is 3.17. The third kappa shape index (κ3) is 3.08. The largest absolute Gasteiger partial charge is 0.420 e. The lowest BCUT2D eigenvalue weighted by molar-refractivity contribution is -0.133. The lowest BCUT2D eigenvalue weighted by atomic mass is 10.2. The van der Waals surface area contributed by atoms with Crippen LogP contribution in [0.2, 0.25) is 0 Å². The predicted molar refractivity (Wildman–Crippen MR) is 101 cm³/mol. The molecule has 0 spiro atoms. The molecule has 0 aliphatic rings. The van der Waals surface area contributed by atoms with Crippen LogP contribution < -0.4 is 5.76 Å². The van der Waals surface area contributed by atoms with Crippen LogP contribution in [-0.2, 0) is 11.3 Å². The smallest absolute Gasteiger partial charge is 0.408 e. The van der Waals surface area contributed by atoms with Gasteiger partial charge in [-0.15, -0.1) is 0 Å². The Labute approximate surface area is 154 Å². The molecule has 0 aliphatic carbocycles. The summed E-state index contributed by atoms with van der Waals surface area (Å²) in [4.78, 5) is 35.6. The number of aromatic nitrogens is 3. The molecule has 0 fully saturated rings. The number of fused-ring (bicyclic) bond motifs is 2. The van der Waals surface area contributed by atoms with Crippen LogP contribution >= 0.6 is 0 Å². The number of rotatable bonds is 4. The molecule has 4 rings (SSSR count). The summed E-state index contributed by atoms with van der Waals surface area (Å²) in [5.74, 6) is -0.755. The molecular weight excluding hydrogens is 344 g/mol. The van der Waals surface area contributed by atoms with Crippen LogP contribution in [0.25, 0.3) is 22.1 Å². The van der Waals surface area contributed by atoms with Crippen LogP contribution in [0.3, 0.4) is 0 Å². The fraction of sp³-hybridized carbons (Fsp3) is 0.200. The van der Waals surface area contributed by atoms with Gasteiger partial charge in [-0.05, 0) is 31.2 Å². The first-order chi connectivity index (χ1) is 13.0. The lowest BCUT2D eigenvalue weighted by Crippen LogP contribution is -2.35. The molecule has 1 amide bonds. The maximum absolute atomic E-state index is 12.9. The van der Waals surface area contributed by atoms with Crippen molar-refractivity contribution in [2.45, 2.75) is 19.5 Å². The summed E-state index contributed by atoms with van der Waals surface area (Å²) in [5.41, 5.74) is 3.33. The first-order valence-electron chi connectivity index (χ1n) is 8.60.